The zero-order valence-corrected chi connectivity index (χ0v) is 21.8. The fraction of sp³-hybridized carbons (Fsp3) is 0.724. The summed E-state index contributed by atoms with van der Waals surface area (Å²) in [5.74, 6) is 1.73. The highest BCUT2D eigenvalue weighted by Crippen LogP contribution is 2.29. The standard InChI is InChI=1S/C29H44N4O2/c1-22(2)25-8-15-33(21-25)27-11-18-32(19-12-27)29(35)24-7-5-6-23(20-24)28(34)31-16-9-26(10-17-31)30-13-3-4-14-30/h5-7,20,22,25-27H,3-4,8-19,21H2,1-2H3. The van der Waals surface area contributed by atoms with Gasteiger partial charge in [0.2, 0.25) is 0 Å². The van der Waals surface area contributed by atoms with Gasteiger partial charge in [-0.3, -0.25) is 14.5 Å². The van der Waals surface area contributed by atoms with Crippen LogP contribution in [-0.4, -0.2) is 95.9 Å². The van der Waals surface area contributed by atoms with Gasteiger partial charge in [0.25, 0.3) is 11.8 Å². The molecule has 0 spiro atoms. The molecule has 1 unspecified atom stereocenters. The van der Waals surface area contributed by atoms with Crippen molar-refractivity contribution in [1.29, 1.82) is 0 Å². The third-order valence-corrected chi connectivity index (χ3v) is 9.23. The van der Waals surface area contributed by atoms with Gasteiger partial charge in [-0.25, -0.2) is 0 Å². The van der Waals surface area contributed by atoms with E-state index in [1.807, 2.05) is 34.1 Å². The van der Waals surface area contributed by atoms with Crippen LogP contribution in [0.3, 0.4) is 0 Å². The molecule has 4 saturated heterocycles. The summed E-state index contributed by atoms with van der Waals surface area (Å²) in [7, 11) is 0. The monoisotopic (exact) mass is 480 g/mol. The SMILES string of the molecule is CC(C)C1CCN(C2CCN(C(=O)c3cccc(C(=O)N4CCC(N5CCCC5)CC4)c3)CC2)C1. The number of likely N-dealkylation sites (tertiary alicyclic amines) is 4. The number of rotatable bonds is 5. The third-order valence-electron chi connectivity index (χ3n) is 9.23. The summed E-state index contributed by atoms with van der Waals surface area (Å²) in [4.78, 5) is 35.8. The topological polar surface area (TPSA) is 47.1 Å². The van der Waals surface area contributed by atoms with Crippen LogP contribution in [0.2, 0.25) is 0 Å². The summed E-state index contributed by atoms with van der Waals surface area (Å²) in [6.45, 7) is 12.8. The zero-order valence-electron chi connectivity index (χ0n) is 21.8. The average Bonchev–Trinajstić information content (AvgIpc) is 3.61. The Labute approximate surface area is 211 Å². The lowest BCUT2D eigenvalue weighted by atomic mass is 9.95. The van der Waals surface area contributed by atoms with Crippen molar-refractivity contribution in [3.05, 3.63) is 35.4 Å². The van der Waals surface area contributed by atoms with Gasteiger partial charge in [0.15, 0.2) is 0 Å². The molecule has 192 valence electrons. The van der Waals surface area contributed by atoms with E-state index in [-0.39, 0.29) is 11.8 Å². The molecule has 0 radical (unpaired) electrons. The molecule has 2 amide bonds. The molecular formula is C29H44N4O2. The molecule has 1 aromatic carbocycles. The normalized spacial score (nSPS) is 25.6. The van der Waals surface area contributed by atoms with Crippen molar-refractivity contribution < 1.29 is 9.59 Å². The number of hydrogen-bond donors (Lipinski definition) is 0. The highest BCUT2D eigenvalue weighted by molar-refractivity contribution is 5.99. The molecule has 4 aliphatic rings. The summed E-state index contributed by atoms with van der Waals surface area (Å²) in [6, 6.07) is 8.69. The minimum Gasteiger partial charge on any atom is -0.339 e. The molecule has 0 aliphatic carbocycles. The number of hydrogen-bond acceptors (Lipinski definition) is 4. The van der Waals surface area contributed by atoms with Crippen LogP contribution in [0.1, 0.15) is 79.5 Å². The van der Waals surface area contributed by atoms with E-state index in [0.29, 0.717) is 23.2 Å². The van der Waals surface area contributed by atoms with Crippen LogP contribution in [-0.2, 0) is 0 Å². The van der Waals surface area contributed by atoms with E-state index in [1.54, 1.807) is 0 Å². The molecule has 1 aromatic rings. The van der Waals surface area contributed by atoms with E-state index in [2.05, 4.69) is 23.6 Å². The number of carbonyl (C=O) groups excluding carboxylic acids is 2. The smallest absolute Gasteiger partial charge is 0.253 e. The van der Waals surface area contributed by atoms with Crippen LogP contribution in [0.25, 0.3) is 0 Å². The first-order valence-corrected chi connectivity index (χ1v) is 14.2. The molecule has 0 bridgehead atoms. The Morgan fingerprint density at radius 2 is 1.23 bits per heavy atom. The molecule has 4 fully saturated rings. The molecule has 5 rings (SSSR count). The fourth-order valence-corrected chi connectivity index (χ4v) is 6.82. The van der Waals surface area contributed by atoms with Gasteiger partial charge in [0, 0.05) is 55.9 Å². The van der Waals surface area contributed by atoms with E-state index in [0.717, 1.165) is 63.7 Å². The molecule has 4 aliphatic heterocycles. The highest BCUT2D eigenvalue weighted by atomic mass is 16.2. The first-order chi connectivity index (χ1) is 17.0. The Morgan fingerprint density at radius 1 is 0.714 bits per heavy atom. The maximum absolute atomic E-state index is 13.3. The lowest BCUT2D eigenvalue weighted by molar-refractivity contribution is 0.0638. The van der Waals surface area contributed by atoms with Gasteiger partial charge in [-0.2, -0.15) is 0 Å². The van der Waals surface area contributed by atoms with E-state index in [9.17, 15) is 9.59 Å². The van der Waals surface area contributed by atoms with E-state index >= 15 is 0 Å². The Balaban J connectivity index is 1.13. The number of benzene rings is 1. The van der Waals surface area contributed by atoms with E-state index < -0.39 is 0 Å². The molecule has 0 aromatic heterocycles. The fourth-order valence-electron chi connectivity index (χ4n) is 6.82. The second-order valence-electron chi connectivity index (χ2n) is 11.7. The Kier molecular flexibility index (Phi) is 7.78. The van der Waals surface area contributed by atoms with Crippen molar-refractivity contribution in [2.24, 2.45) is 11.8 Å². The van der Waals surface area contributed by atoms with Crippen LogP contribution in [0.5, 0.6) is 0 Å². The number of carbonyl (C=O) groups is 2. The molecule has 0 saturated carbocycles. The van der Waals surface area contributed by atoms with E-state index in [1.165, 1.54) is 45.4 Å². The van der Waals surface area contributed by atoms with Gasteiger partial charge < -0.3 is 14.7 Å². The van der Waals surface area contributed by atoms with Gasteiger partial charge in [0.1, 0.15) is 0 Å². The molecule has 6 nitrogen and oxygen atoms in total. The predicted octanol–water partition coefficient (Wildman–Crippen LogP) is 3.97. The molecule has 4 heterocycles. The Morgan fingerprint density at radius 3 is 1.71 bits per heavy atom. The van der Waals surface area contributed by atoms with Crippen molar-refractivity contribution in [3.63, 3.8) is 0 Å². The first kappa shape index (κ1) is 24.8. The maximum atomic E-state index is 13.3. The summed E-state index contributed by atoms with van der Waals surface area (Å²) in [5.41, 5.74) is 1.31. The average molecular weight is 481 g/mol. The van der Waals surface area contributed by atoms with Crippen molar-refractivity contribution in [3.8, 4) is 0 Å². The summed E-state index contributed by atoms with van der Waals surface area (Å²) in [6.07, 6.45) is 8.18. The maximum Gasteiger partial charge on any atom is 0.253 e. The molecule has 35 heavy (non-hydrogen) atoms. The van der Waals surface area contributed by atoms with Gasteiger partial charge in [0.05, 0.1) is 0 Å². The van der Waals surface area contributed by atoms with Crippen LogP contribution in [0, 0.1) is 11.8 Å². The molecular weight excluding hydrogens is 436 g/mol. The van der Waals surface area contributed by atoms with Crippen molar-refractivity contribution in [2.45, 2.75) is 70.9 Å². The van der Waals surface area contributed by atoms with Crippen LogP contribution in [0.15, 0.2) is 24.3 Å². The molecule has 0 N–H and O–H groups in total. The minimum atomic E-state index is 0.0759. The second-order valence-corrected chi connectivity index (χ2v) is 11.7. The number of nitrogens with zero attached hydrogens (tertiary/aromatic N) is 4. The Hall–Kier alpha value is -1.92. The van der Waals surface area contributed by atoms with Gasteiger partial charge in [-0.15, -0.1) is 0 Å². The quantitative estimate of drug-likeness (QED) is 0.640. The van der Waals surface area contributed by atoms with Gasteiger partial charge in [-0.05, 0) is 94.6 Å². The van der Waals surface area contributed by atoms with Crippen LogP contribution < -0.4 is 0 Å². The Bertz CT molecular complexity index is 880. The van der Waals surface area contributed by atoms with Crippen LogP contribution >= 0.6 is 0 Å². The van der Waals surface area contributed by atoms with Gasteiger partial charge >= 0.3 is 0 Å². The lowest BCUT2D eigenvalue weighted by Crippen LogP contribution is -2.46. The minimum absolute atomic E-state index is 0.0759. The molecule has 1 atom stereocenters. The molecule has 6 heteroatoms. The number of amides is 2. The van der Waals surface area contributed by atoms with E-state index in [4.69, 9.17) is 0 Å². The highest BCUT2D eigenvalue weighted by Gasteiger charge is 2.33. The predicted molar refractivity (Wildman–Crippen MR) is 140 cm³/mol. The summed E-state index contributed by atoms with van der Waals surface area (Å²) < 4.78 is 0. The summed E-state index contributed by atoms with van der Waals surface area (Å²) >= 11 is 0. The van der Waals surface area contributed by atoms with Crippen LogP contribution in [0.4, 0.5) is 0 Å². The summed E-state index contributed by atoms with van der Waals surface area (Å²) in [5, 5.41) is 0. The van der Waals surface area contributed by atoms with Crippen molar-refractivity contribution in [2.75, 3.05) is 52.4 Å². The van der Waals surface area contributed by atoms with Gasteiger partial charge in [-0.1, -0.05) is 19.9 Å². The third kappa shape index (κ3) is 5.59. The second kappa shape index (κ2) is 11.0. The number of piperidine rings is 2. The van der Waals surface area contributed by atoms with Crippen molar-refractivity contribution >= 4 is 11.8 Å². The first-order valence-electron chi connectivity index (χ1n) is 14.2. The largest absolute Gasteiger partial charge is 0.339 e. The zero-order chi connectivity index (χ0) is 24.4. The lowest BCUT2D eigenvalue weighted by Gasteiger charge is -2.37. The van der Waals surface area contributed by atoms with Crippen molar-refractivity contribution in [1.82, 2.24) is 19.6 Å².